The molecule has 2 radical (unpaired) electrons. The lowest BCUT2D eigenvalue weighted by molar-refractivity contribution is -0.385. The van der Waals surface area contributed by atoms with Crippen LogP contribution in [-0.2, 0) is 0 Å². The molecule has 1 rings (SSSR count). The largest absolute Gasteiger partial charge is 0.278 e. The molecule has 0 amide bonds. The molecule has 0 fully saturated rings. The van der Waals surface area contributed by atoms with Crippen molar-refractivity contribution in [3.8, 4) is 0 Å². The van der Waals surface area contributed by atoms with Gasteiger partial charge in [0.1, 0.15) is 0 Å². The molecule has 0 aromatic heterocycles. The minimum Gasteiger partial charge on any atom is -0.258 e. The molecule has 3 heteroatoms. The van der Waals surface area contributed by atoms with Crippen LogP contribution in [0.4, 0.5) is 5.69 Å². The molecule has 0 unspecified atom stereocenters. The van der Waals surface area contributed by atoms with Crippen LogP contribution in [0.1, 0.15) is 0 Å². The van der Waals surface area contributed by atoms with Crippen molar-refractivity contribution in [1.29, 1.82) is 0 Å². The summed E-state index contributed by atoms with van der Waals surface area (Å²) in [5.41, 5.74) is -0.0440. The Morgan fingerprint density at radius 2 is 2.33 bits per heavy atom. The van der Waals surface area contributed by atoms with Crippen LogP contribution in [0, 0.1) is 22.2 Å². The lowest BCUT2D eigenvalue weighted by atomic mass is 10.3. The maximum atomic E-state index is 9.96. The normalized spacial score (nSPS) is 8.89. The van der Waals surface area contributed by atoms with E-state index >= 15 is 0 Å². The Morgan fingerprint density at radius 3 is 2.67 bits per heavy atom. The number of rotatable bonds is 1. The molecule has 0 spiro atoms. The molecule has 0 aliphatic heterocycles. The third-order valence-corrected chi connectivity index (χ3v) is 0.828. The topological polar surface area (TPSA) is 43.1 Å². The van der Waals surface area contributed by atoms with Crippen LogP contribution in [0.5, 0.6) is 0 Å². The SMILES string of the molecule is O=[N+]([O-])c1[c]cc[c]c1. The van der Waals surface area contributed by atoms with Crippen LogP contribution in [0.3, 0.4) is 0 Å². The second kappa shape index (κ2) is 2.26. The molecular weight excluding hydrogens is 118 g/mol. The fourth-order valence-electron chi connectivity index (χ4n) is 0.449. The summed E-state index contributed by atoms with van der Waals surface area (Å²) in [5, 5.41) is 9.96. The number of hydrogen-bond donors (Lipinski definition) is 0. The number of benzene rings is 1. The monoisotopic (exact) mass is 121 g/mol. The van der Waals surface area contributed by atoms with E-state index in [0.29, 0.717) is 0 Å². The first-order valence-corrected chi connectivity index (χ1v) is 2.33. The van der Waals surface area contributed by atoms with Crippen LogP contribution in [0.15, 0.2) is 18.2 Å². The Balaban J connectivity index is 2.98. The van der Waals surface area contributed by atoms with Gasteiger partial charge in [-0.3, -0.25) is 10.1 Å². The van der Waals surface area contributed by atoms with Crippen LogP contribution in [0.25, 0.3) is 0 Å². The van der Waals surface area contributed by atoms with Crippen molar-refractivity contribution in [1.82, 2.24) is 0 Å². The van der Waals surface area contributed by atoms with Crippen molar-refractivity contribution in [2.75, 3.05) is 0 Å². The first-order chi connectivity index (χ1) is 4.30. The number of nitro benzene ring substituents is 1. The van der Waals surface area contributed by atoms with Crippen molar-refractivity contribution in [2.24, 2.45) is 0 Å². The van der Waals surface area contributed by atoms with Crippen molar-refractivity contribution in [3.05, 3.63) is 40.4 Å². The Kier molecular flexibility index (Phi) is 1.44. The quantitative estimate of drug-likeness (QED) is 0.413. The van der Waals surface area contributed by atoms with Crippen molar-refractivity contribution in [2.45, 2.75) is 0 Å². The van der Waals surface area contributed by atoms with Gasteiger partial charge in [-0.15, -0.1) is 0 Å². The van der Waals surface area contributed by atoms with E-state index in [4.69, 9.17) is 0 Å². The lowest BCUT2D eigenvalue weighted by Gasteiger charge is -1.84. The molecule has 9 heavy (non-hydrogen) atoms. The van der Waals surface area contributed by atoms with Gasteiger partial charge < -0.3 is 0 Å². The van der Waals surface area contributed by atoms with Gasteiger partial charge in [0, 0.05) is 6.07 Å². The first-order valence-electron chi connectivity index (χ1n) is 2.33. The fraction of sp³-hybridized carbons (Fsp3) is 0. The van der Waals surface area contributed by atoms with E-state index in [2.05, 4.69) is 12.1 Å². The molecule has 1 aromatic rings. The molecule has 0 aliphatic rings. The molecule has 0 aliphatic carbocycles. The predicted molar refractivity (Wildman–Crippen MR) is 30.8 cm³/mol. The zero-order valence-electron chi connectivity index (χ0n) is 4.50. The van der Waals surface area contributed by atoms with Crippen molar-refractivity contribution < 1.29 is 4.92 Å². The molecule has 3 nitrogen and oxygen atoms in total. The average Bonchev–Trinajstić information content (AvgIpc) is 1.90. The summed E-state index contributed by atoms with van der Waals surface area (Å²) in [6.07, 6.45) is 0. The highest BCUT2D eigenvalue weighted by Crippen LogP contribution is 2.05. The zero-order chi connectivity index (χ0) is 6.69. The minimum absolute atomic E-state index is 0.0440. The fourth-order valence-corrected chi connectivity index (χ4v) is 0.449. The van der Waals surface area contributed by atoms with Gasteiger partial charge in [-0.05, 0) is 12.1 Å². The highest BCUT2D eigenvalue weighted by Gasteiger charge is 1.99. The predicted octanol–water partition coefficient (Wildman–Crippen LogP) is 1.20. The summed E-state index contributed by atoms with van der Waals surface area (Å²) in [6.45, 7) is 0. The first kappa shape index (κ1) is 5.75. The number of nitrogens with zero attached hydrogens (tertiary/aromatic N) is 1. The van der Waals surface area contributed by atoms with E-state index in [1.165, 1.54) is 12.1 Å². The summed E-state index contributed by atoms with van der Waals surface area (Å²) >= 11 is 0. The van der Waals surface area contributed by atoms with Gasteiger partial charge in [-0.1, -0.05) is 6.07 Å². The zero-order valence-corrected chi connectivity index (χ0v) is 4.50. The van der Waals surface area contributed by atoms with Gasteiger partial charge >= 0.3 is 0 Å². The van der Waals surface area contributed by atoms with Crippen LogP contribution in [0.2, 0.25) is 0 Å². The van der Waals surface area contributed by atoms with Crippen LogP contribution >= 0.6 is 0 Å². The Labute approximate surface area is 52.1 Å². The highest BCUT2D eigenvalue weighted by molar-refractivity contribution is 5.25. The second-order valence-electron chi connectivity index (χ2n) is 1.43. The molecule has 1 aromatic carbocycles. The standard InChI is InChI=1S/C6H3NO2/c8-7(9)6-4-2-1-3-5-6/h1-2,5H. The summed E-state index contributed by atoms with van der Waals surface area (Å²) < 4.78 is 0. The molecule has 44 valence electrons. The van der Waals surface area contributed by atoms with E-state index in [1.54, 1.807) is 6.07 Å². The molecule has 0 saturated heterocycles. The van der Waals surface area contributed by atoms with Gasteiger partial charge in [0.05, 0.1) is 11.0 Å². The third kappa shape index (κ3) is 1.25. The van der Waals surface area contributed by atoms with Gasteiger partial charge in [0.15, 0.2) is 0 Å². The maximum absolute atomic E-state index is 9.96. The number of hydrogen-bond acceptors (Lipinski definition) is 2. The van der Waals surface area contributed by atoms with Gasteiger partial charge in [-0.2, -0.15) is 0 Å². The minimum atomic E-state index is -0.503. The Bertz CT molecular complexity index is 208. The summed E-state index contributed by atoms with van der Waals surface area (Å²) in [5.74, 6) is 0. The van der Waals surface area contributed by atoms with E-state index in [1.807, 2.05) is 0 Å². The molecule has 0 saturated carbocycles. The Morgan fingerprint density at radius 1 is 1.56 bits per heavy atom. The van der Waals surface area contributed by atoms with Crippen molar-refractivity contribution in [3.63, 3.8) is 0 Å². The molecule has 0 atom stereocenters. The maximum Gasteiger partial charge on any atom is 0.278 e. The molecule has 0 N–H and O–H groups in total. The smallest absolute Gasteiger partial charge is 0.258 e. The summed E-state index contributed by atoms with van der Waals surface area (Å²) in [7, 11) is 0. The van der Waals surface area contributed by atoms with E-state index in [0.717, 1.165) is 0 Å². The molecular formula is C6H3NO2. The van der Waals surface area contributed by atoms with Crippen LogP contribution in [-0.4, -0.2) is 4.92 Å². The summed E-state index contributed by atoms with van der Waals surface area (Å²) in [4.78, 5) is 9.45. The number of non-ortho nitro benzene ring substituents is 1. The van der Waals surface area contributed by atoms with E-state index < -0.39 is 4.92 Å². The molecule has 0 bridgehead atoms. The van der Waals surface area contributed by atoms with Gasteiger partial charge in [0.25, 0.3) is 5.69 Å². The third-order valence-electron chi connectivity index (χ3n) is 0.828. The average molecular weight is 121 g/mol. The van der Waals surface area contributed by atoms with Gasteiger partial charge in [0.2, 0.25) is 0 Å². The summed E-state index contributed by atoms with van der Waals surface area (Å²) in [6, 6.07) is 9.30. The number of nitro groups is 1. The van der Waals surface area contributed by atoms with E-state index in [9.17, 15) is 10.1 Å². The Hall–Kier alpha value is -1.38. The van der Waals surface area contributed by atoms with Gasteiger partial charge in [-0.25, -0.2) is 0 Å². The van der Waals surface area contributed by atoms with Crippen LogP contribution < -0.4 is 0 Å². The second-order valence-corrected chi connectivity index (χ2v) is 1.43. The highest BCUT2D eigenvalue weighted by atomic mass is 16.6. The van der Waals surface area contributed by atoms with E-state index in [-0.39, 0.29) is 5.69 Å². The molecule has 0 heterocycles. The van der Waals surface area contributed by atoms with Crippen molar-refractivity contribution >= 4 is 5.69 Å². The lowest BCUT2D eigenvalue weighted by Crippen LogP contribution is -1.85.